The maximum atomic E-state index is 6.02. The molecule has 0 aromatic heterocycles. The van der Waals surface area contributed by atoms with Gasteiger partial charge in [0.05, 0.1) is 19.8 Å². The molecule has 3 rings (SSSR count). The maximum Gasteiger partial charge on any atom is 0.119 e. The summed E-state index contributed by atoms with van der Waals surface area (Å²) in [6, 6.07) is 7.12. The highest BCUT2D eigenvalue weighted by Crippen LogP contribution is 2.36. The van der Waals surface area contributed by atoms with E-state index in [1.165, 1.54) is 24.0 Å². The first-order valence-electron chi connectivity index (χ1n) is 7.97. The highest BCUT2D eigenvalue weighted by molar-refractivity contribution is 5.39. The van der Waals surface area contributed by atoms with Gasteiger partial charge in [-0.15, -0.1) is 0 Å². The number of morpholine rings is 1. The molecule has 0 amide bonds. The number of hydrogen-bond donors (Lipinski definition) is 1. The molecule has 1 aromatic rings. The summed E-state index contributed by atoms with van der Waals surface area (Å²) in [5, 5.41) is 0. The number of methoxy groups -OCH3 is 1. The van der Waals surface area contributed by atoms with E-state index in [2.05, 4.69) is 23.1 Å². The molecular weight excluding hydrogens is 264 g/mol. The Morgan fingerprint density at radius 3 is 3.05 bits per heavy atom. The van der Waals surface area contributed by atoms with Gasteiger partial charge in [0.15, 0.2) is 0 Å². The van der Waals surface area contributed by atoms with Crippen LogP contribution in [0.4, 0.5) is 0 Å². The monoisotopic (exact) mass is 290 g/mol. The predicted molar refractivity (Wildman–Crippen MR) is 83.6 cm³/mol. The molecule has 1 aliphatic heterocycles. The van der Waals surface area contributed by atoms with Crippen molar-refractivity contribution >= 4 is 0 Å². The Bertz CT molecular complexity index is 490. The summed E-state index contributed by atoms with van der Waals surface area (Å²) in [5.41, 5.74) is 8.93. The minimum atomic E-state index is 0.0896. The van der Waals surface area contributed by atoms with Crippen molar-refractivity contribution in [3.05, 3.63) is 29.3 Å². The fourth-order valence-electron chi connectivity index (χ4n) is 3.57. The minimum Gasteiger partial charge on any atom is -0.497 e. The number of hydrogen-bond acceptors (Lipinski definition) is 4. The first-order chi connectivity index (χ1) is 10.2. The fourth-order valence-corrected chi connectivity index (χ4v) is 3.57. The summed E-state index contributed by atoms with van der Waals surface area (Å²) in [7, 11) is 1.73. The standard InChI is InChI=1S/C17H26N2O2/c1-12(18)17-11-19(8-9-21-17)16-5-3-4-13-10-14(20-2)6-7-15(13)16/h6-7,10,12,16-17H,3-5,8-9,11,18H2,1-2H3. The molecule has 116 valence electrons. The zero-order chi connectivity index (χ0) is 14.8. The third-order valence-corrected chi connectivity index (χ3v) is 4.78. The first kappa shape index (κ1) is 14.8. The topological polar surface area (TPSA) is 47.7 Å². The van der Waals surface area contributed by atoms with Crippen molar-refractivity contribution in [1.82, 2.24) is 4.90 Å². The van der Waals surface area contributed by atoms with E-state index in [1.807, 2.05) is 6.92 Å². The van der Waals surface area contributed by atoms with Crippen molar-refractivity contribution < 1.29 is 9.47 Å². The second kappa shape index (κ2) is 6.34. The number of fused-ring (bicyclic) bond motifs is 1. The van der Waals surface area contributed by atoms with E-state index in [0.717, 1.165) is 31.9 Å². The van der Waals surface area contributed by atoms with Crippen LogP contribution in [-0.2, 0) is 11.2 Å². The molecule has 4 heteroatoms. The van der Waals surface area contributed by atoms with Crippen LogP contribution in [0.3, 0.4) is 0 Å². The van der Waals surface area contributed by atoms with Gasteiger partial charge < -0.3 is 15.2 Å². The normalized spacial score (nSPS) is 28.0. The summed E-state index contributed by atoms with van der Waals surface area (Å²) in [6.07, 6.45) is 3.78. The lowest BCUT2D eigenvalue weighted by molar-refractivity contribution is -0.0543. The Labute approximate surface area is 127 Å². The average Bonchev–Trinajstić information content (AvgIpc) is 2.53. The van der Waals surface area contributed by atoms with Gasteiger partial charge >= 0.3 is 0 Å². The lowest BCUT2D eigenvalue weighted by atomic mass is 9.86. The van der Waals surface area contributed by atoms with Crippen LogP contribution in [0.2, 0.25) is 0 Å². The van der Waals surface area contributed by atoms with E-state index in [4.69, 9.17) is 15.2 Å². The third kappa shape index (κ3) is 3.07. The zero-order valence-electron chi connectivity index (χ0n) is 13.0. The predicted octanol–water partition coefficient (Wildman–Crippen LogP) is 2.12. The van der Waals surface area contributed by atoms with Crippen LogP contribution in [0.15, 0.2) is 18.2 Å². The fraction of sp³-hybridized carbons (Fsp3) is 0.647. The van der Waals surface area contributed by atoms with Gasteiger partial charge in [-0.25, -0.2) is 0 Å². The molecule has 1 saturated heterocycles. The molecule has 0 saturated carbocycles. The van der Waals surface area contributed by atoms with Crippen molar-refractivity contribution in [2.75, 3.05) is 26.8 Å². The van der Waals surface area contributed by atoms with E-state index >= 15 is 0 Å². The first-order valence-corrected chi connectivity index (χ1v) is 7.97. The number of nitrogens with zero attached hydrogens (tertiary/aromatic N) is 1. The molecule has 2 N–H and O–H groups in total. The van der Waals surface area contributed by atoms with E-state index in [9.17, 15) is 0 Å². The van der Waals surface area contributed by atoms with Crippen LogP contribution in [0.5, 0.6) is 5.75 Å². The van der Waals surface area contributed by atoms with Crippen LogP contribution in [0.25, 0.3) is 0 Å². The van der Waals surface area contributed by atoms with Crippen molar-refractivity contribution in [3.63, 3.8) is 0 Å². The van der Waals surface area contributed by atoms with Gasteiger partial charge in [-0.2, -0.15) is 0 Å². The summed E-state index contributed by atoms with van der Waals surface area (Å²) >= 11 is 0. The van der Waals surface area contributed by atoms with Crippen LogP contribution in [-0.4, -0.2) is 43.9 Å². The Balaban J connectivity index is 1.81. The quantitative estimate of drug-likeness (QED) is 0.926. The molecule has 1 heterocycles. The lowest BCUT2D eigenvalue weighted by Gasteiger charge is -2.41. The van der Waals surface area contributed by atoms with Crippen molar-refractivity contribution in [2.24, 2.45) is 5.73 Å². The molecule has 4 nitrogen and oxygen atoms in total. The Morgan fingerprint density at radius 1 is 1.43 bits per heavy atom. The summed E-state index contributed by atoms with van der Waals surface area (Å²) in [6.45, 7) is 4.76. The molecule has 0 bridgehead atoms. The van der Waals surface area contributed by atoms with E-state index in [-0.39, 0.29) is 12.1 Å². The molecule has 0 spiro atoms. The molecule has 21 heavy (non-hydrogen) atoms. The molecule has 2 aliphatic rings. The number of benzene rings is 1. The Hall–Kier alpha value is -1.10. The average molecular weight is 290 g/mol. The van der Waals surface area contributed by atoms with E-state index in [1.54, 1.807) is 7.11 Å². The Kier molecular flexibility index (Phi) is 4.48. The van der Waals surface area contributed by atoms with Gasteiger partial charge in [0.2, 0.25) is 0 Å². The molecule has 0 radical (unpaired) electrons. The molecule has 1 aliphatic carbocycles. The maximum absolute atomic E-state index is 6.02. The third-order valence-electron chi connectivity index (χ3n) is 4.78. The minimum absolute atomic E-state index is 0.0896. The van der Waals surface area contributed by atoms with Crippen LogP contribution in [0, 0.1) is 0 Å². The van der Waals surface area contributed by atoms with E-state index < -0.39 is 0 Å². The second-order valence-electron chi connectivity index (χ2n) is 6.24. The molecule has 1 fully saturated rings. The van der Waals surface area contributed by atoms with Crippen LogP contribution in [0.1, 0.15) is 36.9 Å². The number of ether oxygens (including phenoxy) is 2. The number of rotatable bonds is 3. The SMILES string of the molecule is COc1ccc2c(c1)CCCC2N1CCOC(C(C)N)C1. The van der Waals surface area contributed by atoms with Gasteiger partial charge in [0.25, 0.3) is 0 Å². The van der Waals surface area contributed by atoms with Crippen molar-refractivity contribution in [1.29, 1.82) is 0 Å². The van der Waals surface area contributed by atoms with E-state index in [0.29, 0.717) is 6.04 Å². The summed E-state index contributed by atoms with van der Waals surface area (Å²) in [5.74, 6) is 0.963. The second-order valence-corrected chi connectivity index (χ2v) is 6.24. The summed E-state index contributed by atoms with van der Waals surface area (Å²) < 4.78 is 11.2. The highest BCUT2D eigenvalue weighted by Gasteiger charge is 2.31. The lowest BCUT2D eigenvalue weighted by Crippen LogP contribution is -2.50. The van der Waals surface area contributed by atoms with Crippen LogP contribution >= 0.6 is 0 Å². The molecular formula is C17H26N2O2. The van der Waals surface area contributed by atoms with Crippen LogP contribution < -0.4 is 10.5 Å². The van der Waals surface area contributed by atoms with Crippen molar-refractivity contribution in [3.8, 4) is 5.75 Å². The van der Waals surface area contributed by atoms with Gasteiger partial charge in [-0.1, -0.05) is 6.07 Å². The largest absolute Gasteiger partial charge is 0.497 e. The number of nitrogens with two attached hydrogens (primary N) is 1. The molecule has 1 aromatic carbocycles. The van der Waals surface area contributed by atoms with Crippen molar-refractivity contribution in [2.45, 2.75) is 44.4 Å². The zero-order valence-corrected chi connectivity index (χ0v) is 13.0. The highest BCUT2D eigenvalue weighted by atomic mass is 16.5. The van der Waals surface area contributed by atoms with Gasteiger partial charge in [-0.3, -0.25) is 4.90 Å². The van der Waals surface area contributed by atoms with Gasteiger partial charge in [-0.05, 0) is 49.4 Å². The molecule has 3 unspecified atom stereocenters. The Morgan fingerprint density at radius 2 is 2.29 bits per heavy atom. The van der Waals surface area contributed by atoms with Gasteiger partial charge in [0.1, 0.15) is 5.75 Å². The smallest absolute Gasteiger partial charge is 0.119 e. The summed E-state index contributed by atoms with van der Waals surface area (Å²) in [4.78, 5) is 2.56. The number of aryl methyl sites for hydroxylation is 1. The molecule has 3 atom stereocenters. The van der Waals surface area contributed by atoms with Gasteiger partial charge in [0, 0.05) is 25.2 Å².